The van der Waals surface area contributed by atoms with Crippen LogP contribution in [-0.4, -0.2) is 38.0 Å². The van der Waals surface area contributed by atoms with Crippen molar-refractivity contribution in [3.8, 4) is 11.4 Å². The van der Waals surface area contributed by atoms with E-state index in [0.29, 0.717) is 18.2 Å². The van der Waals surface area contributed by atoms with Gasteiger partial charge in [-0.3, -0.25) is 9.78 Å². The Kier molecular flexibility index (Phi) is 6.58. The van der Waals surface area contributed by atoms with E-state index in [-0.39, 0.29) is 5.91 Å². The highest BCUT2D eigenvalue weighted by Crippen LogP contribution is 2.24. The molecular formula is C16H23N5OS. The number of hydrogen-bond acceptors (Lipinski definition) is 5. The lowest BCUT2D eigenvalue weighted by atomic mass is 10.2. The second kappa shape index (κ2) is 8.67. The smallest absolute Gasteiger partial charge is 0.230 e. The van der Waals surface area contributed by atoms with Gasteiger partial charge >= 0.3 is 0 Å². The van der Waals surface area contributed by atoms with Crippen molar-refractivity contribution in [3.05, 3.63) is 24.5 Å². The number of nitrogens with one attached hydrogen (secondary N) is 1. The number of thioether (sulfide) groups is 1. The number of pyridine rings is 1. The van der Waals surface area contributed by atoms with Gasteiger partial charge in [0.2, 0.25) is 5.91 Å². The number of amides is 1. The van der Waals surface area contributed by atoms with Crippen LogP contribution in [0.3, 0.4) is 0 Å². The first-order chi connectivity index (χ1) is 11.1. The van der Waals surface area contributed by atoms with E-state index >= 15 is 0 Å². The van der Waals surface area contributed by atoms with E-state index in [1.807, 2.05) is 19.1 Å². The molecule has 1 N–H and O–H groups in total. The summed E-state index contributed by atoms with van der Waals surface area (Å²) in [6.07, 6.45) is 4.43. The molecule has 0 spiro atoms. The van der Waals surface area contributed by atoms with Crippen molar-refractivity contribution >= 4 is 17.7 Å². The number of carbonyl (C=O) groups is 1. The first-order valence-corrected chi connectivity index (χ1v) is 8.83. The Balaban J connectivity index is 2.16. The van der Waals surface area contributed by atoms with Gasteiger partial charge < -0.3 is 9.88 Å². The summed E-state index contributed by atoms with van der Waals surface area (Å²) in [5.41, 5.74) is 0.982. The summed E-state index contributed by atoms with van der Waals surface area (Å²) in [7, 11) is 0. The molecule has 0 unspecified atom stereocenters. The van der Waals surface area contributed by atoms with Crippen LogP contribution in [0.5, 0.6) is 0 Å². The lowest BCUT2D eigenvalue weighted by Crippen LogP contribution is -2.25. The second-order valence-corrected chi connectivity index (χ2v) is 6.63. The molecule has 0 aliphatic carbocycles. The predicted molar refractivity (Wildman–Crippen MR) is 92.1 cm³/mol. The minimum atomic E-state index is 0.0291. The van der Waals surface area contributed by atoms with E-state index in [0.717, 1.165) is 29.5 Å². The van der Waals surface area contributed by atoms with Gasteiger partial charge in [0.1, 0.15) is 0 Å². The summed E-state index contributed by atoms with van der Waals surface area (Å²) < 4.78 is 2.08. The van der Waals surface area contributed by atoms with Gasteiger partial charge in [0, 0.05) is 31.0 Å². The Morgan fingerprint density at radius 2 is 2.04 bits per heavy atom. The minimum Gasteiger partial charge on any atom is -0.355 e. The van der Waals surface area contributed by atoms with Crippen molar-refractivity contribution in [2.24, 2.45) is 5.92 Å². The van der Waals surface area contributed by atoms with E-state index < -0.39 is 0 Å². The maximum atomic E-state index is 11.8. The van der Waals surface area contributed by atoms with Gasteiger partial charge in [0.05, 0.1) is 5.75 Å². The topological polar surface area (TPSA) is 72.7 Å². The fourth-order valence-corrected chi connectivity index (χ4v) is 2.86. The molecule has 0 aromatic carbocycles. The van der Waals surface area contributed by atoms with Gasteiger partial charge in [0.15, 0.2) is 11.0 Å². The molecule has 0 radical (unpaired) electrons. The van der Waals surface area contributed by atoms with Crippen LogP contribution >= 0.6 is 11.8 Å². The van der Waals surface area contributed by atoms with Crippen LogP contribution < -0.4 is 5.32 Å². The average Bonchev–Trinajstić information content (AvgIpc) is 2.93. The largest absolute Gasteiger partial charge is 0.355 e. The fraction of sp³-hybridized carbons (Fsp3) is 0.500. The minimum absolute atomic E-state index is 0.0291. The molecule has 0 aliphatic rings. The highest BCUT2D eigenvalue weighted by molar-refractivity contribution is 7.99. The molecule has 2 rings (SSSR count). The molecule has 1 amide bonds. The van der Waals surface area contributed by atoms with Crippen molar-refractivity contribution in [2.45, 2.75) is 38.9 Å². The van der Waals surface area contributed by atoms with E-state index in [9.17, 15) is 4.79 Å². The van der Waals surface area contributed by atoms with Crippen LogP contribution in [0, 0.1) is 5.92 Å². The summed E-state index contributed by atoms with van der Waals surface area (Å²) in [5.74, 6) is 1.66. The van der Waals surface area contributed by atoms with E-state index in [1.165, 1.54) is 11.8 Å². The van der Waals surface area contributed by atoms with Crippen LogP contribution in [0.4, 0.5) is 0 Å². The molecule has 6 nitrogen and oxygen atoms in total. The summed E-state index contributed by atoms with van der Waals surface area (Å²) in [4.78, 5) is 15.8. The van der Waals surface area contributed by atoms with Crippen LogP contribution in [0.2, 0.25) is 0 Å². The first-order valence-electron chi connectivity index (χ1n) is 7.85. The lowest BCUT2D eigenvalue weighted by molar-refractivity contribution is -0.118. The van der Waals surface area contributed by atoms with Gasteiger partial charge in [-0.2, -0.15) is 0 Å². The zero-order valence-electron chi connectivity index (χ0n) is 13.8. The van der Waals surface area contributed by atoms with Gasteiger partial charge in [-0.05, 0) is 24.5 Å². The lowest BCUT2D eigenvalue weighted by Gasteiger charge is -2.12. The van der Waals surface area contributed by atoms with Crippen LogP contribution in [0.25, 0.3) is 11.4 Å². The number of hydrogen-bond donors (Lipinski definition) is 1. The van der Waals surface area contributed by atoms with Gasteiger partial charge in [0.25, 0.3) is 0 Å². The summed E-state index contributed by atoms with van der Waals surface area (Å²) in [6.45, 7) is 7.86. The Morgan fingerprint density at radius 1 is 1.30 bits per heavy atom. The molecule has 23 heavy (non-hydrogen) atoms. The molecule has 7 heteroatoms. The number of carbonyl (C=O) groups excluding carboxylic acids is 1. The molecular weight excluding hydrogens is 310 g/mol. The Bertz CT molecular complexity index is 627. The number of rotatable bonds is 8. The highest BCUT2D eigenvalue weighted by atomic mass is 32.2. The SMILES string of the molecule is CCCNC(=O)CSc1nnc(-c2ccncc2)n1CC(C)C. The van der Waals surface area contributed by atoms with E-state index in [1.54, 1.807) is 12.4 Å². The maximum absolute atomic E-state index is 11.8. The van der Waals surface area contributed by atoms with Crippen LogP contribution in [0.1, 0.15) is 27.2 Å². The van der Waals surface area contributed by atoms with Crippen LogP contribution in [-0.2, 0) is 11.3 Å². The Morgan fingerprint density at radius 3 is 2.70 bits per heavy atom. The van der Waals surface area contributed by atoms with E-state index in [2.05, 4.69) is 38.9 Å². The third-order valence-electron chi connectivity index (χ3n) is 3.11. The molecule has 124 valence electrons. The fourth-order valence-electron chi connectivity index (χ4n) is 2.09. The van der Waals surface area contributed by atoms with Gasteiger partial charge in [-0.15, -0.1) is 10.2 Å². The average molecular weight is 333 g/mol. The zero-order valence-corrected chi connectivity index (χ0v) is 14.6. The molecule has 2 aromatic heterocycles. The predicted octanol–water partition coefficient (Wildman–Crippen LogP) is 2.61. The van der Waals surface area contributed by atoms with Crippen LogP contribution in [0.15, 0.2) is 29.7 Å². The van der Waals surface area contributed by atoms with Crippen molar-refractivity contribution in [2.75, 3.05) is 12.3 Å². The van der Waals surface area contributed by atoms with Crippen molar-refractivity contribution in [3.63, 3.8) is 0 Å². The molecule has 0 atom stereocenters. The highest BCUT2D eigenvalue weighted by Gasteiger charge is 2.16. The number of nitrogens with zero attached hydrogens (tertiary/aromatic N) is 4. The maximum Gasteiger partial charge on any atom is 0.230 e. The molecule has 2 heterocycles. The van der Waals surface area contributed by atoms with Crippen molar-refractivity contribution in [1.29, 1.82) is 0 Å². The third kappa shape index (κ3) is 5.06. The number of aromatic nitrogens is 4. The standard InChI is InChI=1S/C16H23N5OS/c1-4-7-18-14(22)11-23-16-20-19-15(21(16)10-12(2)3)13-5-8-17-9-6-13/h5-6,8-9,12H,4,7,10-11H2,1-3H3,(H,18,22). The monoisotopic (exact) mass is 333 g/mol. The molecule has 0 fully saturated rings. The molecule has 2 aromatic rings. The third-order valence-corrected chi connectivity index (χ3v) is 4.07. The first kappa shape index (κ1) is 17.5. The van der Waals surface area contributed by atoms with Gasteiger partial charge in [-0.1, -0.05) is 32.5 Å². The summed E-state index contributed by atoms with van der Waals surface area (Å²) in [5, 5.41) is 12.2. The van der Waals surface area contributed by atoms with Crippen molar-refractivity contribution in [1.82, 2.24) is 25.1 Å². The molecule has 0 saturated heterocycles. The second-order valence-electron chi connectivity index (χ2n) is 5.69. The Labute approximate surface area is 141 Å². The molecule has 0 saturated carbocycles. The summed E-state index contributed by atoms with van der Waals surface area (Å²) >= 11 is 1.42. The summed E-state index contributed by atoms with van der Waals surface area (Å²) in [6, 6.07) is 3.84. The normalized spacial score (nSPS) is 11.0. The quantitative estimate of drug-likeness (QED) is 0.752. The zero-order chi connectivity index (χ0) is 16.7. The van der Waals surface area contributed by atoms with Crippen molar-refractivity contribution < 1.29 is 4.79 Å². The molecule has 0 aliphatic heterocycles. The van der Waals surface area contributed by atoms with E-state index in [4.69, 9.17) is 0 Å². The van der Waals surface area contributed by atoms with Gasteiger partial charge in [-0.25, -0.2) is 0 Å². The molecule has 0 bridgehead atoms. The Hall–Kier alpha value is -1.89.